The molecule has 2 atom stereocenters. The third-order valence-corrected chi connectivity index (χ3v) is 3.96. The van der Waals surface area contributed by atoms with Crippen molar-refractivity contribution in [2.24, 2.45) is 5.16 Å². The van der Waals surface area contributed by atoms with Crippen molar-refractivity contribution in [2.45, 2.75) is 32.5 Å². The van der Waals surface area contributed by atoms with E-state index >= 15 is 0 Å². The molecule has 2 heterocycles. The van der Waals surface area contributed by atoms with E-state index in [1.165, 1.54) is 16.3 Å². The third kappa shape index (κ3) is 3.10. The van der Waals surface area contributed by atoms with Crippen LogP contribution in [0.3, 0.4) is 0 Å². The van der Waals surface area contributed by atoms with Crippen LogP contribution in [-0.4, -0.2) is 28.7 Å². The minimum absolute atomic E-state index is 0.259. The number of amides is 1. The van der Waals surface area contributed by atoms with Crippen LogP contribution in [0.5, 0.6) is 0 Å². The summed E-state index contributed by atoms with van der Waals surface area (Å²) >= 11 is 7.21. The summed E-state index contributed by atoms with van der Waals surface area (Å²) in [6.45, 7) is 3.68. The summed E-state index contributed by atoms with van der Waals surface area (Å²) in [7, 11) is 0. The average molecular weight is 313 g/mol. The Bertz CT molecular complexity index is 580. The van der Waals surface area contributed by atoms with Crippen molar-refractivity contribution in [2.75, 3.05) is 0 Å². The lowest BCUT2D eigenvalue weighted by atomic mass is 10.2. The van der Waals surface area contributed by atoms with Crippen LogP contribution in [0, 0.1) is 11.3 Å². The fraction of sp³-hybridized carbons (Fsp3) is 0.417. The topological polar surface area (TPSA) is 77.7 Å². The summed E-state index contributed by atoms with van der Waals surface area (Å²) in [5, 5.41) is 14.0. The molecule has 1 amide bonds. The summed E-state index contributed by atoms with van der Waals surface area (Å²) in [5.74, 6) is -0.337. The van der Waals surface area contributed by atoms with Gasteiger partial charge in [-0.15, -0.1) is 11.3 Å². The zero-order valence-corrected chi connectivity index (χ0v) is 12.5. The molecule has 20 heavy (non-hydrogen) atoms. The van der Waals surface area contributed by atoms with Crippen molar-refractivity contribution in [3.05, 3.63) is 21.3 Å². The Hall–Kier alpha value is -1.62. The van der Waals surface area contributed by atoms with E-state index in [0.717, 1.165) is 4.88 Å². The van der Waals surface area contributed by atoms with Gasteiger partial charge in [0.1, 0.15) is 6.04 Å². The highest BCUT2D eigenvalue weighted by Gasteiger charge is 2.37. The smallest absolute Gasteiger partial charge is 0.288 e. The Balaban J connectivity index is 1.99. The van der Waals surface area contributed by atoms with Crippen LogP contribution in [0.1, 0.15) is 18.7 Å². The lowest BCUT2D eigenvalue weighted by Crippen LogP contribution is -2.42. The van der Waals surface area contributed by atoms with Gasteiger partial charge in [0.25, 0.3) is 5.91 Å². The number of rotatable bonds is 4. The van der Waals surface area contributed by atoms with Gasteiger partial charge in [-0.2, -0.15) is 5.26 Å². The minimum atomic E-state index is -0.561. The maximum atomic E-state index is 12.0. The number of nitrogens with one attached hydrogen (secondary N) is 1. The van der Waals surface area contributed by atoms with Crippen LogP contribution in [0.2, 0.25) is 4.34 Å². The van der Waals surface area contributed by atoms with Crippen molar-refractivity contribution in [1.29, 1.82) is 5.26 Å². The van der Waals surface area contributed by atoms with Gasteiger partial charge in [0.15, 0.2) is 12.3 Å². The van der Waals surface area contributed by atoms with Gasteiger partial charge in [-0.25, -0.2) is 5.43 Å². The quantitative estimate of drug-likeness (QED) is 0.862. The van der Waals surface area contributed by atoms with Gasteiger partial charge in [-0.1, -0.05) is 16.8 Å². The normalized spacial score (nSPS) is 22.1. The molecular formula is C12H13ClN4O2S. The van der Waals surface area contributed by atoms with E-state index in [1.807, 2.05) is 12.1 Å². The summed E-state index contributed by atoms with van der Waals surface area (Å²) < 4.78 is 0.678. The van der Waals surface area contributed by atoms with Gasteiger partial charge < -0.3 is 4.84 Å². The molecule has 1 aromatic rings. The number of oxime groups is 1. The van der Waals surface area contributed by atoms with Gasteiger partial charge in [0.05, 0.1) is 16.4 Å². The fourth-order valence-electron chi connectivity index (χ4n) is 1.70. The zero-order chi connectivity index (χ0) is 14.7. The maximum Gasteiger partial charge on any atom is 0.288 e. The Morgan fingerprint density at radius 1 is 1.70 bits per heavy atom. The molecule has 1 aliphatic heterocycles. The predicted molar refractivity (Wildman–Crippen MR) is 76.1 cm³/mol. The van der Waals surface area contributed by atoms with E-state index in [4.69, 9.17) is 21.7 Å². The number of carbonyl (C=O) groups excluding carboxylic acids is 1. The van der Waals surface area contributed by atoms with E-state index in [2.05, 4.69) is 10.6 Å². The molecule has 1 fully saturated rings. The van der Waals surface area contributed by atoms with Gasteiger partial charge in [-0.05, 0) is 26.0 Å². The molecule has 0 aromatic carbocycles. The van der Waals surface area contributed by atoms with Crippen LogP contribution >= 0.6 is 22.9 Å². The van der Waals surface area contributed by atoms with E-state index in [0.29, 0.717) is 4.34 Å². The molecule has 1 N–H and O–H groups in total. The summed E-state index contributed by atoms with van der Waals surface area (Å²) in [5.41, 5.74) is 3.15. The number of hydrogen-bond acceptors (Lipinski definition) is 6. The molecule has 2 rings (SSSR count). The van der Waals surface area contributed by atoms with Crippen LogP contribution in [0.15, 0.2) is 17.3 Å². The van der Waals surface area contributed by atoms with E-state index in [-0.39, 0.29) is 24.3 Å². The molecule has 106 valence electrons. The first-order valence-corrected chi connectivity index (χ1v) is 7.15. The molecular weight excluding hydrogens is 300 g/mol. The Morgan fingerprint density at radius 3 is 3.05 bits per heavy atom. The van der Waals surface area contributed by atoms with Crippen molar-refractivity contribution >= 4 is 34.6 Å². The lowest BCUT2D eigenvalue weighted by molar-refractivity contribution is -0.126. The number of nitriles is 1. The first kappa shape index (κ1) is 14.8. The number of hydrazine groups is 1. The highest BCUT2D eigenvalue weighted by atomic mass is 35.5. The minimum Gasteiger partial charge on any atom is -0.390 e. The Morgan fingerprint density at radius 2 is 2.45 bits per heavy atom. The lowest BCUT2D eigenvalue weighted by Gasteiger charge is -2.17. The SMILES string of the molecule is CC1NN(C(C)C#N)C(=O)C1=NOCc1ccc(Cl)s1. The molecule has 0 aliphatic carbocycles. The Labute approximate surface area is 125 Å². The summed E-state index contributed by atoms with van der Waals surface area (Å²) in [6.07, 6.45) is 0. The molecule has 1 saturated heterocycles. The first-order valence-electron chi connectivity index (χ1n) is 5.96. The first-order chi connectivity index (χ1) is 9.52. The molecule has 1 aliphatic rings. The maximum absolute atomic E-state index is 12.0. The molecule has 1 aromatic heterocycles. The molecule has 6 nitrogen and oxygen atoms in total. The van der Waals surface area contributed by atoms with Crippen molar-refractivity contribution in [1.82, 2.24) is 10.4 Å². The van der Waals surface area contributed by atoms with Gasteiger partial charge in [-0.3, -0.25) is 9.80 Å². The van der Waals surface area contributed by atoms with Crippen molar-refractivity contribution in [3.8, 4) is 6.07 Å². The molecule has 0 saturated carbocycles. The number of carbonyl (C=O) groups is 1. The van der Waals surface area contributed by atoms with Crippen molar-refractivity contribution in [3.63, 3.8) is 0 Å². The molecule has 8 heteroatoms. The van der Waals surface area contributed by atoms with Crippen LogP contribution in [-0.2, 0) is 16.2 Å². The second-order valence-corrected chi connectivity index (χ2v) is 6.09. The Kier molecular flexibility index (Phi) is 4.60. The number of halogens is 1. The van der Waals surface area contributed by atoms with E-state index in [1.54, 1.807) is 19.9 Å². The summed E-state index contributed by atoms with van der Waals surface area (Å²) in [4.78, 5) is 18.2. The number of hydrogen-bond donors (Lipinski definition) is 1. The zero-order valence-electron chi connectivity index (χ0n) is 11.0. The monoisotopic (exact) mass is 312 g/mol. The average Bonchev–Trinajstić information content (AvgIpc) is 2.95. The number of thiophene rings is 1. The second kappa shape index (κ2) is 6.22. The van der Waals surface area contributed by atoms with Gasteiger partial charge >= 0.3 is 0 Å². The number of nitrogens with zero attached hydrogens (tertiary/aromatic N) is 3. The second-order valence-electron chi connectivity index (χ2n) is 4.29. The highest BCUT2D eigenvalue weighted by molar-refractivity contribution is 7.16. The van der Waals surface area contributed by atoms with E-state index < -0.39 is 6.04 Å². The van der Waals surface area contributed by atoms with Crippen LogP contribution in [0.25, 0.3) is 0 Å². The molecule has 2 unspecified atom stereocenters. The molecule has 0 radical (unpaired) electrons. The van der Waals surface area contributed by atoms with Gasteiger partial charge in [0, 0.05) is 4.88 Å². The molecule has 0 bridgehead atoms. The fourth-order valence-corrected chi connectivity index (χ4v) is 2.69. The van der Waals surface area contributed by atoms with Crippen LogP contribution in [0.4, 0.5) is 0 Å². The third-order valence-electron chi connectivity index (χ3n) is 2.75. The largest absolute Gasteiger partial charge is 0.390 e. The van der Waals surface area contributed by atoms with Crippen LogP contribution < -0.4 is 5.43 Å². The standard InChI is InChI=1S/C12H13ClN4O2S/c1-7(5-14)17-12(18)11(8(2)15-17)16-19-6-9-3-4-10(13)20-9/h3-4,7-8,15H,6H2,1-2H3. The molecule has 0 spiro atoms. The summed E-state index contributed by atoms with van der Waals surface area (Å²) in [6, 6.07) is 4.77. The predicted octanol–water partition coefficient (Wildman–Crippen LogP) is 1.92. The highest BCUT2D eigenvalue weighted by Crippen LogP contribution is 2.22. The van der Waals surface area contributed by atoms with Crippen molar-refractivity contribution < 1.29 is 9.63 Å². The van der Waals surface area contributed by atoms with Gasteiger partial charge in [0.2, 0.25) is 0 Å². The van der Waals surface area contributed by atoms with E-state index in [9.17, 15) is 4.79 Å².